The van der Waals surface area contributed by atoms with Crippen molar-refractivity contribution < 1.29 is 19.4 Å². The first kappa shape index (κ1) is 43.9. The molecule has 0 saturated carbocycles. The molecule has 0 aromatic heterocycles. The van der Waals surface area contributed by atoms with E-state index in [9.17, 15) is 9.90 Å². The fraction of sp³-hybridized carbons (Fsp3) is 0.925. The van der Waals surface area contributed by atoms with Gasteiger partial charge >= 0.3 is 5.97 Å². The lowest BCUT2D eigenvalue weighted by molar-refractivity contribution is -0.144. The summed E-state index contributed by atoms with van der Waals surface area (Å²) in [6.45, 7) is 14.3. The molecule has 0 aromatic carbocycles. The zero-order valence-electron chi connectivity index (χ0n) is 30.7. The van der Waals surface area contributed by atoms with Crippen molar-refractivity contribution in [3.8, 4) is 0 Å². The third-order valence-corrected chi connectivity index (χ3v) is 9.06. The van der Waals surface area contributed by atoms with E-state index in [-0.39, 0.29) is 12.6 Å². The lowest BCUT2D eigenvalue weighted by Gasteiger charge is -2.21. The number of ether oxygens (including phenoxy) is 2. The number of nitrogens with zero attached hydrogens (tertiary/aromatic N) is 1. The SMILES string of the molecule is C=C(CCCCCCCN(CCO)CCCC(=O)OCCCCCCC)OC(CCCCCCCC)CCCCCCCCC. The average molecular weight is 638 g/mol. The van der Waals surface area contributed by atoms with E-state index in [2.05, 4.69) is 32.3 Å². The number of hydrogen-bond donors (Lipinski definition) is 1. The first-order valence-corrected chi connectivity index (χ1v) is 19.9. The smallest absolute Gasteiger partial charge is 0.305 e. The number of carbonyl (C=O) groups is 1. The van der Waals surface area contributed by atoms with E-state index < -0.39 is 0 Å². The molecule has 0 aliphatic carbocycles. The summed E-state index contributed by atoms with van der Waals surface area (Å²) >= 11 is 0. The van der Waals surface area contributed by atoms with Gasteiger partial charge in [-0.3, -0.25) is 4.79 Å². The van der Waals surface area contributed by atoms with Gasteiger partial charge in [0.05, 0.1) is 25.1 Å². The molecular formula is C40H79NO4. The van der Waals surface area contributed by atoms with Gasteiger partial charge in [0.15, 0.2) is 0 Å². The maximum atomic E-state index is 12.0. The Morgan fingerprint density at radius 3 is 1.60 bits per heavy atom. The fourth-order valence-electron chi connectivity index (χ4n) is 6.11. The summed E-state index contributed by atoms with van der Waals surface area (Å²) in [5, 5.41) is 9.48. The highest BCUT2D eigenvalue weighted by Gasteiger charge is 2.12. The van der Waals surface area contributed by atoms with Crippen LogP contribution in [-0.2, 0) is 14.3 Å². The van der Waals surface area contributed by atoms with Crippen LogP contribution in [0.3, 0.4) is 0 Å². The molecule has 0 aromatic rings. The summed E-state index contributed by atoms with van der Waals surface area (Å²) in [6, 6.07) is 0. The van der Waals surface area contributed by atoms with Crippen LogP contribution < -0.4 is 0 Å². The van der Waals surface area contributed by atoms with E-state index in [1.54, 1.807) is 0 Å². The normalized spacial score (nSPS) is 12.1. The quantitative estimate of drug-likeness (QED) is 0.0417. The summed E-state index contributed by atoms with van der Waals surface area (Å²) in [5.74, 6) is 0.921. The lowest BCUT2D eigenvalue weighted by Crippen LogP contribution is -2.29. The highest BCUT2D eigenvalue weighted by molar-refractivity contribution is 5.69. The Labute approximate surface area is 281 Å². The first-order valence-electron chi connectivity index (χ1n) is 19.9. The molecule has 1 atom stereocenters. The maximum Gasteiger partial charge on any atom is 0.305 e. The minimum atomic E-state index is -0.0773. The molecule has 5 nitrogen and oxygen atoms in total. The molecule has 268 valence electrons. The Morgan fingerprint density at radius 2 is 1.04 bits per heavy atom. The molecule has 0 rings (SSSR count). The van der Waals surface area contributed by atoms with Gasteiger partial charge in [-0.2, -0.15) is 0 Å². The van der Waals surface area contributed by atoms with Crippen molar-refractivity contribution >= 4 is 5.97 Å². The fourth-order valence-corrected chi connectivity index (χ4v) is 6.11. The molecule has 1 unspecified atom stereocenters. The molecule has 1 N–H and O–H groups in total. The van der Waals surface area contributed by atoms with Crippen molar-refractivity contribution in [3.05, 3.63) is 12.3 Å². The van der Waals surface area contributed by atoms with E-state index >= 15 is 0 Å². The Bertz CT molecular complexity index is 625. The van der Waals surface area contributed by atoms with Crippen molar-refractivity contribution in [1.82, 2.24) is 4.90 Å². The van der Waals surface area contributed by atoms with Crippen LogP contribution in [0.1, 0.15) is 201 Å². The van der Waals surface area contributed by atoms with Gasteiger partial charge in [-0.1, -0.05) is 143 Å². The largest absolute Gasteiger partial charge is 0.495 e. The molecule has 0 aliphatic rings. The third kappa shape index (κ3) is 32.7. The Balaban J connectivity index is 4.09. The molecule has 0 amide bonds. The van der Waals surface area contributed by atoms with Crippen LogP contribution in [0, 0.1) is 0 Å². The van der Waals surface area contributed by atoms with Crippen LogP contribution in [0.5, 0.6) is 0 Å². The zero-order chi connectivity index (χ0) is 33.1. The molecule has 0 bridgehead atoms. The standard InChI is InChI=1S/C40H79NO4/c1-5-8-11-14-16-20-25-31-39(30-24-19-15-12-9-6-2)45-38(4)29-23-18-17-21-26-33-41(35-36-42)34-28-32-40(43)44-37-27-22-13-10-7-3/h39,42H,4-37H2,1-3H3. The Hall–Kier alpha value is -1.07. The molecule has 0 spiro atoms. The van der Waals surface area contributed by atoms with Crippen LogP contribution in [0.2, 0.25) is 0 Å². The predicted molar refractivity (Wildman–Crippen MR) is 195 cm³/mol. The van der Waals surface area contributed by atoms with Gasteiger partial charge in [0.25, 0.3) is 0 Å². The van der Waals surface area contributed by atoms with Crippen molar-refractivity contribution in [1.29, 1.82) is 0 Å². The number of esters is 1. The van der Waals surface area contributed by atoms with Crippen LogP contribution in [-0.4, -0.2) is 54.9 Å². The minimum absolute atomic E-state index is 0.0773. The number of unbranched alkanes of at least 4 members (excludes halogenated alkanes) is 19. The summed E-state index contributed by atoms with van der Waals surface area (Å²) in [7, 11) is 0. The van der Waals surface area contributed by atoms with Crippen molar-refractivity contribution in [2.45, 2.75) is 207 Å². The summed E-state index contributed by atoms with van der Waals surface area (Å²) in [4.78, 5) is 14.3. The molecule has 0 heterocycles. The second-order valence-electron chi connectivity index (χ2n) is 13.6. The van der Waals surface area contributed by atoms with Gasteiger partial charge in [-0.15, -0.1) is 0 Å². The maximum absolute atomic E-state index is 12.0. The van der Waals surface area contributed by atoms with Crippen LogP contribution in [0.25, 0.3) is 0 Å². The molecule has 45 heavy (non-hydrogen) atoms. The summed E-state index contributed by atoms with van der Waals surface area (Å²) < 4.78 is 11.8. The number of carbonyl (C=O) groups excluding carboxylic acids is 1. The van der Waals surface area contributed by atoms with E-state index in [1.807, 2.05) is 0 Å². The molecule has 0 aliphatic heterocycles. The number of aliphatic hydroxyl groups is 1. The average Bonchev–Trinajstić information content (AvgIpc) is 3.03. The second kappa shape index (κ2) is 35.8. The summed E-state index contributed by atoms with van der Waals surface area (Å²) in [5.41, 5.74) is 0. The Morgan fingerprint density at radius 1 is 0.578 bits per heavy atom. The molecule has 0 saturated heterocycles. The minimum Gasteiger partial charge on any atom is -0.495 e. The first-order chi connectivity index (χ1) is 22.1. The van der Waals surface area contributed by atoms with Gasteiger partial charge in [-0.05, 0) is 64.5 Å². The Kier molecular flexibility index (Phi) is 34.9. The third-order valence-electron chi connectivity index (χ3n) is 9.06. The van der Waals surface area contributed by atoms with Gasteiger partial charge < -0.3 is 19.5 Å². The number of allylic oxidation sites excluding steroid dienone is 1. The number of rotatable bonds is 37. The van der Waals surface area contributed by atoms with E-state index in [1.165, 1.54) is 135 Å². The molecule has 0 fully saturated rings. The van der Waals surface area contributed by atoms with Gasteiger partial charge in [0, 0.05) is 19.4 Å². The second-order valence-corrected chi connectivity index (χ2v) is 13.6. The van der Waals surface area contributed by atoms with Crippen molar-refractivity contribution in [2.75, 3.05) is 32.8 Å². The van der Waals surface area contributed by atoms with E-state index in [0.29, 0.717) is 25.7 Å². The van der Waals surface area contributed by atoms with Gasteiger partial charge in [-0.25, -0.2) is 0 Å². The number of hydrogen-bond acceptors (Lipinski definition) is 5. The van der Waals surface area contributed by atoms with E-state index in [4.69, 9.17) is 9.47 Å². The predicted octanol–water partition coefficient (Wildman–Crippen LogP) is 11.7. The zero-order valence-corrected chi connectivity index (χ0v) is 30.7. The molecular weight excluding hydrogens is 558 g/mol. The van der Waals surface area contributed by atoms with Crippen LogP contribution in [0.4, 0.5) is 0 Å². The lowest BCUT2D eigenvalue weighted by atomic mass is 10.0. The topological polar surface area (TPSA) is 59.0 Å². The van der Waals surface area contributed by atoms with E-state index in [0.717, 1.165) is 57.4 Å². The number of aliphatic hydroxyl groups excluding tert-OH is 1. The van der Waals surface area contributed by atoms with Crippen LogP contribution >= 0.6 is 0 Å². The highest BCUT2D eigenvalue weighted by Crippen LogP contribution is 2.21. The summed E-state index contributed by atoms with van der Waals surface area (Å²) in [6.07, 6.45) is 34.3. The van der Waals surface area contributed by atoms with Crippen molar-refractivity contribution in [3.63, 3.8) is 0 Å². The highest BCUT2D eigenvalue weighted by atomic mass is 16.5. The van der Waals surface area contributed by atoms with Gasteiger partial charge in [0.2, 0.25) is 0 Å². The molecule has 0 radical (unpaired) electrons. The van der Waals surface area contributed by atoms with Gasteiger partial charge in [0.1, 0.15) is 0 Å². The molecule has 5 heteroatoms. The van der Waals surface area contributed by atoms with Crippen molar-refractivity contribution in [2.24, 2.45) is 0 Å². The monoisotopic (exact) mass is 638 g/mol. The van der Waals surface area contributed by atoms with Crippen LogP contribution in [0.15, 0.2) is 12.3 Å².